The number of nitrogens with one attached hydrogen (secondary N) is 1. The number of fused-ring (bicyclic) bond motifs is 2. The molecule has 2 aliphatic rings. The molecule has 0 aliphatic carbocycles. The van der Waals surface area contributed by atoms with Gasteiger partial charge in [0.1, 0.15) is 6.61 Å². The molecule has 1 unspecified atom stereocenters. The van der Waals surface area contributed by atoms with E-state index in [0.717, 1.165) is 16.7 Å². The zero-order chi connectivity index (χ0) is 21.3. The Kier molecular flexibility index (Phi) is 5.41. The third-order valence-electron chi connectivity index (χ3n) is 5.03. The number of benzene rings is 2. The molecule has 0 spiro atoms. The molecule has 0 aromatic heterocycles. The van der Waals surface area contributed by atoms with Gasteiger partial charge in [-0.25, -0.2) is 5.01 Å². The van der Waals surface area contributed by atoms with E-state index in [9.17, 15) is 9.59 Å². The van der Waals surface area contributed by atoms with Crippen molar-refractivity contribution in [3.05, 3.63) is 53.1 Å². The highest BCUT2D eigenvalue weighted by Crippen LogP contribution is 2.37. The van der Waals surface area contributed by atoms with Gasteiger partial charge in [-0.1, -0.05) is 12.1 Å². The summed E-state index contributed by atoms with van der Waals surface area (Å²) in [4.78, 5) is 24.0. The van der Waals surface area contributed by atoms with Gasteiger partial charge in [-0.2, -0.15) is 5.10 Å². The zero-order valence-corrected chi connectivity index (χ0v) is 17.1. The molecule has 0 fully saturated rings. The van der Waals surface area contributed by atoms with Crippen molar-refractivity contribution in [1.29, 1.82) is 0 Å². The van der Waals surface area contributed by atoms with Crippen molar-refractivity contribution in [3.8, 4) is 11.5 Å². The number of anilines is 1. The summed E-state index contributed by atoms with van der Waals surface area (Å²) in [7, 11) is 1.47. The maximum absolute atomic E-state index is 12.2. The Labute approximate surface area is 174 Å². The molecule has 0 saturated heterocycles. The highest BCUT2D eigenvalue weighted by molar-refractivity contribution is 6.14. The van der Waals surface area contributed by atoms with Crippen molar-refractivity contribution >= 4 is 23.2 Å². The van der Waals surface area contributed by atoms with Crippen LogP contribution in [0.15, 0.2) is 41.5 Å². The number of nitrogens with zero attached hydrogens (tertiary/aromatic N) is 2. The molecule has 2 aromatic rings. The van der Waals surface area contributed by atoms with Gasteiger partial charge in [0.2, 0.25) is 18.6 Å². The first-order valence-corrected chi connectivity index (χ1v) is 9.66. The van der Waals surface area contributed by atoms with Gasteiger partial charge in [-0.3, -0.25) is 9.59 Å². The molecule has 156 valence electrons. The van der Waals surface area contributed by atoms with Crippen LogP contribution in [0.2, 0.25) is 0 Å². The Morgan fingerprint density at radius 2 is 1.90 bits per heavy atom. The van der Waals surface area contributed by atoms with Crippen molar-refractivity contribution < 1.29 is 23.8 Å². The summed E-state index contributed by atoms with van der Waals surface area (Å²) in [6.07, 6.45) is 0.643. The summed E-state index contributed by atoms with van der Waals surface area (Å²) in [5, 5.41) is 8.99. The monoisotopic (exact) mass is 409 g/mol. The minimum atomic E-state index is -0.230. The van der Waals surface area contributed by atoms with Crippen LogP contribution in [0, 0.1) is 0 Å². The molecule has 2 aliphatic heterocycles. The van der Waals surface area contributed by atoms with Crippen LogP contribution in [0.5, 0.6) is 11.5 Å². The van der Waals surface area contributed by atoms with Gasteiger partial charge in [0.25, 0.3) is 0 Å². The van der Waals surface area contributed by atoms with Crippen molar-refractivity contribution in [2.24, 2.45) is 5.10 Å². The molecule has 0 bridgehead atoms. The smallest absolute Gasteiger partial charge is 0.250 e. The molecule has 8 nitrogen and oxygen atoms in total. The minimum absolute atomic E-state index is 0.0134. The number of hydrogen-bond acceptors (Lipinski definition) is 6. The van der Waals surface area contributed by atoms with Crippen molar-refractivity contribution in [1.82, 2.24) is 5.01 Å². The van der Waals surface area contributed by atoms with Crippen molar-refractivity contribution in [2.75, 3.05) is 25.8 Å². The predicted octanol–water partition coefficient (Wildman–Crippen LogP) is 2.55. The molecule has 2 aromatic carbocycles. The second-order valence-electron chi connectivity index (χ2n) is 7.29. The van der Waals surface area contributed by atoms with Crippen LogP contribution >= 0.6 is 0 Å². The standard InChI is InChI=1S/C22H23N3O5/c1-13-8-16-9-19-20(30-12-29-19)10-18(16)22(24-25(13)14(2)26)15-4-6-17(7-5-15)23-21(27)11-28-3/h4-7,9-10,13H,8,11-12H2,1-3H3,(H,23,27). The van der Waals surface area contributed by atoms with E-state index in [1.165, 1.54) is 19.0 Å². The summed E-state index contributed by atoms with van der Waals surface area (Å²) in [5.74, 6) is 1.00. The number of hydrazone groups is 1. The largest absolute Gasteiger partial charge is 0.454 e. The highest BCUT2D eigenvalue weighted by Gasteiger charge is 2.28. The summed E-state index contributed by atoms with van der Waals surface area (Å²) < 4.78 is 15.9. The second kappa shape index (κ2) is 8.16. The number of carbonyl (C=O) groups is 2. The van der Waals surface area contributed by atoms with Crippen LogP contribution < -0.4 is 14.8 Å². The van der Waals surface area contributed by atoms with Gasteiger partial charge in [0, 0.05) is 30.8 Å². The molecule has 0 saturated carbocycles. The molecule has 1 N–H and O–H groups in total. The number of carbonyl (C=O) groups excluding carboxylic acids is 2. The lowest BCUT2D eigenvalue weighted by atomic mass is 9.94. The minimum Gasteiger partial charge on any atom is -0.454 e. The molecule has 30 heavy (non-hydrogen) atoms. The number of methoxy groups -OCH3 is 1. The lowest BCUT2D eigenvalue weighted by Gasteiger charge is -2.21. The summed E-state index contributed by atoms with van der Waals surface area (Å²) >= 11 is 0. The van der Waals surface area contributed by atoms with Gasteiger partial charge < -0.3 is 19.5 Å². The van der Waals surface area contributed by atoms with Gasteiger partial charge in [-0.15, -0.1) is 0 Å². The molecule has 4 rings (SSSR count). The zero-order valence-electron chi connectivity index (χ0n) is 17.1. The van der Waals surface area contributed by atoms with Crippen molar-refractivity contribution in [2.45, 2.75) is 26.3 Å². The first-order chi connectivity index (χ1) is 14.5. The average molecular weight is 409 g/mol. The Bertz CT molecular complexity index is 1020. The van der Waals surface area contributed by atoms with Gasteiger partial charge in [-0.05, 0) is 43.2 Å². The van der Waals surface area contributed by atoms with E-state index >= 15 is 0 Å². The molecule has 2 amide bonds. The fourth-order valence-corrected chi connectivity index (χ4v) is 3.67. The van der Waals surface area contributed by atoms with Gasteiger partial charge in [0.05, 0.1) is 11.8 Å². The molecule has 1 atom stereocenters. The third-order valence-corrected chi connectivity index (χ3v) is 5.03. The van der Waals surface area contributed by atoms with Crippen LogP contribution in [0.1, 0.15) is 30.5 Å². The highest BCUT2D eigenvalue weighted by atomic mass is 16.7. The van der Waals surface area contributed by atoms with Crippen LogP contribution in [0.3, 0.4) is 0 Å². The molecule has 8 heteroatoms. The fourth-order valence-electron chi connectivity index (χ4n) is 3.67. The molecule has 2 heterocycles. The van der Waals surface area contributed by atoms with Gasteiger partial charge in [0.15, 0.2) is 11.5 Å². The Balaban J connectivity index is 1.75. The number of hydrogen-bond donors (Lipinski definition) is 1. The maximum atomic E-state index is 12.2. The summed E-state index contributed by atoms with van der Waals surface area (Å²) in [6.45, 7) is 3.65. The SMILES string of the molecule is COCC(=O)Nc1ccc(C2=NN(C(C)=O)C(C)Cc3cc4c(cc32)OCO4)cc1. The van der Waals surface area contributed by atoms with E-state index in [1.54, 1.807) is 12.1 Å². The van der Waals surface area contributed by atoms with Crippen LogP contribution in [0.25, 0.3) is 0 Å². The van der Waals surface area contributed by atoms with Crippen LogP contribution in [-0.4, -0.2) is 49.1 Å². The van der Waals surface area contributed by atoms with E-state index in [1.807, 2.05) is 31.2 Å². The van der Waals surface area contributed by atoms with E-state index in [0.29, 0.717) is 29.3 Å². The summed E-state index contributed by atoms with van der Waals surface area (Å²) in [5.41, 5.74) is 4.06. The normalized spacial score (nSPS) is 17.1. The molecular weight excluding hydrogens is 386 g/mol. The quantitative estimate of drug-likeness (QED) is 0.838. The average Bonchev–Trinajstić information content (AvgIpc) is 3.10. The number of ether oxygens (including phenoxy) is 3. The first kappa shape index (κ1) is 19.9. The second-order valence-corrected chi connectivity index (χ2v) is 7.29. The van der Waals surface area contributed by atoms with E-state index < -0.39 is 0 Å². The molecule has 0 radical (unpaired) electrons. The van der Waals surface area contributed by atoms with Crippen LogP contribution in [0.4, 0.5) is 5.69 Å². The lowest BCUT2D eigenvalue weighted by molar-refractivity contribution is -0.130. The first-order valence-electron chi connectivity index (χ1n) is 9.66. The maximum Gasteiger partial charge on any atom is 0.250 e. The van der Waals surface area contributed by atoms with E-state index in [2.05, 4.69) is 5.32 Å². The topological polar surface area (TPSA) is 89.5 Å². The number of rotatable bonds is 4. The van der Waals surface area contributed by atoms with Crippen molar-refractivity contribution in [3.63, 3.8) is 0 Å². The number of amides is 2. The van der Waals surface area contributed by atoms with Crippen LogP contribution in [-0.2, 0) is 20.7 Å². The molecular formula is C22H23N3O5. The van der Waals surface area contributed by atoms with E-state index in [-0.39, 0.29) is 31.3 Å². The van der Waals surface area contributed by atoms with E-state index in [4.69, 9.17) is 19.3 Å². The summed E-state index contributed by atoms with van der Waals surface area (Å²) in [6, 6.07) is 11.1. The Morgan fingerprint density at radius 3 is 2.57 bits per heavy atom. The fraction of sp³-hybridized carbons (Fsp3) is 0.318. The Morgan fingerprint density at radius 1 is 1.20 bits per heavy atom. The lowest BCUT2D eigenvalue weighted by Crippen LogP contribution is -2.33. The third kappa shape index (κ3) is 3.86. The van der Waals surface area contributed by atoms with Gasteiger partial charge >= 0.3 is 0 Å². The Hall–Kier alpha value is -3.39. The predicted molar refractivity (Wildman–Crippen MR) is 111 cm³/mol.